The Morgan fingerprint density at radius 2 is 1.79 bits per heavy atom. The van der Waals surface area contributed by atoms with Crippen LogP contribution < -0.4 is 11.1 Å². The van der Waals surface area contributed by atoms with Crippen molar-refractivity contribution in [1.29, 1.82) is 0 Å². The minimum absolute atomic E-state index is 0.167. The molecular formula is C18H13ClF3N7. The second-order valence-electron chi connectivity index (χ2n) is 6.17. The molecule has 0 fully saturated rings. The monoisotopic (exact) mass is 419 g/mol. The fourth-order valence-electron chi connectivity index (χ4n) is 2.81. The largest absolute Gasteiger partial charge is 0.416 e. The number of pyridine rings is 1. The van der Waals surface area contributed by atoms with Gasteiger partial charge in [-0.1, -0.05) is 11.6 Å². The number of nitrogens with one attached hydrogen (secondary N) is 1. The molecule has 29 heavy (non-hydrogen) atoms. The number of anilines is 3. The lowest BCUT2D eigenvalue weighted by Crippen LogP contribution is -2.08. The average molecular weight is 420 g/mol. The number of rotatable bonds is 3. The molecule has 3 aromatic heterocycles. The summed E-state index contributed by atoms with van der Waals surface area (Å²) < 4.78 is 39.8. The van der Waals surface area contributed by atoms with Gasteiger partial charge in [-0.15, -0.1) is 0 Å². The Labute approximate surface area is 167 Å². The van der Waals surface area contributed by atoms with E-state index < -0.39 is 11.7 Å². The van der Waals surface area contributed by atoms with Crippen molar-refractivity contribution >= 4 is 40.1 Å². The molecule has 3 heterocycles. The minimum Gasteiger partial charge on any atom is -0.383 e. The van der Waals surface area contributed by atoms with Crippen molar-refractivity contribution in [2.24, 2.45) is 0 Å². The zero-order valence-corrected chi connectivity index (χ0v) is 15.6. The molecule has 0 bridgehead atoms. The van der Waals surface area contributed by atoms with Crippen LogP contribution in [-0.4, -0.2) is 24.5 Å². The first-order chi connectivity index (χ1) is 13.7. The highest BCUT2D eigenvalue weighted by atomic mass is 35.5. The number of benzene rings is 1. The Morgan fingerprint density at radius 1 is 1.07 bits per heavy atom. The van der Waals surface area contributed by atoms with Crippen molar-refractivity contribution in [3.8, 4) is 5.95 Å². The normalized spacial score (nSPS) is 11.8. The summed E-state index contributed by atoms with van der Waals surface area (Å²) in [5, 5.41) is 3.35. The van der Waals surface area contributed by atoms with Gasteiger partial charge in [0.05, 0.1) is 16.1 Å². The Hall–Kier alpha value is -3.40. The molecule has 0 saturated carbocycles. The van der Waals surface area contributed by atoms with Crippen molar-refractivity contribution in [2.45, 2.75) is 13.1 Å². The fourth-order valence-corrected chi connectivity index (χ4v) is 2.96. The van der Waals surface area contributed by atoms with Gasteiger partial charge < -0.3 is 11.1 Å². The summed E-state index contributed by atoms with van der Waals surface area (Å²) in [6.07, 6.45) is -2.92. The van der Waals surface area contributed by atoms with Crippen LogP contribution in [0.5, 0.6) is 0 Å². The molecule has 0 amide bonds. The fraction of sp³-hybridized carbons (Fsp3) is 0.111. The molecule has 4 aromatic rings. The number of imidazole rings is 1. The predicted octanol–water partition coefficient (Wildman–Crippen LogP) is 4.52. The maximum Gasteiger partial charge on any atom is 0.416 e. The summed E-state index contributed by atoms with van der Waals surface area (Å²) in [6.45, 7) is 1.76. The highest BCUT2D eigenvalue weighted by molar-refractivity contribution is 6.31. The van der Waals surface area contributed by atoms with E-state index in [1.807, 2.05) is 0 Å². The van der Waals surface area contributed by atoms with E-state index in [9.17, 15) is 13.2 Å². The summed E-state index contributed by atoms with van der Waals surface area (Å²) in [7, 11) is 0. The molecule has 0 unspecified atom stereocenters. The summed E-state index contributed by atoms with van der Waals surface area (Å²) in [4.78, 5) is 17.2. The van der Waals surface area contributed by atoms with Gasteiger partial charge in [0.2, 0.25) is 5.95 Å². The second-order valence-corrected chi connectivity index (χ2v) is 6.61. The Bertz CT molecular complexity index is 1200. The number of alkyl halides is 3. The van der Waals surface area contributed by atoms with Gasteiger partial charge in [-0.05, 0) is 37.3 Å². The third-order valence-electron chi connectivity index (χ3n) is 4.06. The number of hydrogen-bond donors (Lipinski definition) is 2. The Balaban J connectivity index is 1.72. The summed E-state index contributed by atoms with van der Waals surface area (Å²) >= 11 is 6.04. The van der Waals surface area contributed by atoms with Crippen molar-refractivity contribution in [1.82, 2.24) is 24.5 Å². The number of nitrogens with two attached hydrogens (primary N) is 1. The van der Waals surface area contributed by atoms with Crippen LogP contribution in [0.15, 0.2) is 42.6 Å². The van der Waals surface area contributed by atoms with Crippen LogP contribution in [0.3, 0.4) is 0 Å². The van der Waals surface area contributed by atoms with Gasteiger partial charge in [-0.3, -0.25) is 4.57 Å². The van der Waals surface area contributed by atoms with E-state index in [1.165, 1.54) is 24.4 Å². The van der Waals surface area contributed by atoms with Crippen LogP contribution in [0.2, 0.25) is 5.02 Å². The zero-order valence-electron chi connectivity index (χ0n) is 14.9. The minimum atomic E-state index is -4.40. The van der Waals surface area contributed by atoms with Gasteiger partial charge in [0, 0.05) is 18.0 Å². The van der Waals surface area contributed by atoms with E-state index in [2.05, 4.69) is 25.3 Å². The van der Waals surface area contributed by atoms with E-state index in [1.54, 1.807) is 17.6 Å². The number of nitrogen functional groups attached to an aromatic ring is 1. The molecule has 7 nitrogen and oxygen atoms in total. The Morgan fingerprint density at radius 3 is 2.48 bits per heavy atom. The first-order valence-electron chi connectivity index (χ1n) is 8.30. The molecule has 4 rings (SSSR count). The summed E-state index contributed by atoms with van der Waals surface area (Å²) in [6, 6.07) is 7.73. The molecule has 0 atom stereocenters. The molecule has 0 aliphatic carbocycles. The van der Waals surface area contributed by atoms with Crippen molar-refractivity contribution in [3.05, 3.63) is 59.0 Å². The highest BCUT2D eigenvalue weighted by Gasteiger charge is 2.29. The third kappa shape index (κ3) is 3.79. The molecule has 0 saturated heterocycles. The SMILES string of the molecule is Cc1nc2ncc(Cl)cc2n1-c1nc(N)cc(Nc2ccc(C(F)(F)F)cc2)n1. The number of aromatic nitrogens is 5. The van der Waals surface area contributed by atoms with Crippen molar-refractivity contribution in [3.63, 3.8) is 0 Å². The lowest BCUT2D eigenvalue weighted by atomic mass is 10.2. The average Bonchev–Trinajstić information content (AvgIpc) is 2.96. The predicted molar refractivity (Wildman–Crippen MR) is 103 cm³/mol. The number of fused-ring (bicyclic) bond motifs is 1. The van der Waals surface area contributed by atoms with Crippen LogP contribution in [0.1, 0.15) is 11.4 Å². The smallest absolute Gasteiger partial charge is 0.383 e. The third-order valence-corrected chi connectivity index (χ3v) is 4.27. The highest BCUT2D eigenvalue weighted by Crippen LogP contribution is 2.30. The number of hydrogen-bond acceptors (Lipinski definition) is 6. The molecule has 0 aliphatic rings. The van der Waals surface area contributed by atoms with Gasteiger partial charge in [0.25, 0.3) is 0 Å². The van der Waals surface area contributed by atoms with E-state index in [0.717, 1.165) is 12.1 Å². The molecule has 148 valence electrons. The Kier molecular flexibility index (Phi) is 4.50. The quantitative estimate of drug-likeness (QED) is 0.507. The maximum absolute atomic E-state index is 12.7. The van der Waals surface area contributed by atoms with E-state index >= 15 is 0 Å². The van der Waals surface area contributed by atoms with E-state index in [4.69, 9.17) is 17.3 Å². The lowest BCUT2D eigenvalue weighted by molar-refractivity contribution is -0.137. The van der Waals surface area contributed by atoms with Crippen LogP contribution in [0.25, 0.3) is 17.1 Å². The van der Waals surface area contributed by atoms with Crippen molar-refractivity contribution < 1.29 is 13.2 Å². The molecule has 0 radical (unpaired) electrons. The van der Waals surface area contributed by atoms with E-state index in [0.29, 0.717) is 33.5 Å². The molecule has 0 spiro atoms. The molecule has 1 aromatic carbocycles. The number of halogens is 4. The molecule has 0 aliphatic heterocycles. The van der Waals surface area contributed by atoms with Gasteiger partial charge >= 0.3 is 6.18 Å². The van der Waals surface area contributed by atoms with E-state index in [-0.39, 0.29) is 11.8 Å². The standard InChI is InChI=1S/C18H13ClF3N7/c1-9-25-16-13(6-11(19)8-24-16)29(9)17-27-14(23)7-15(28-17)26-12-4-2-10(3-5-12)18(20,21)22/h2-8H,1H3,(H3,23,26,27,28). The second kappa shape index (κ2) is 6.89. The van der Waals surface area contributed by atoms with Gasteiger partial charge in [0.1, 0.15) is 17.5 Å². The lowest BCUT2D eigenvalue weighted by Gasteiger charge is -2.11. The van der Waals surface area contributed by atoms with Crippen LogP contribution in [0, 0.1) is 6.92 Å². The van der Waals surface area contributed by atoms with Crippen LogP contribution in [-0.2, 0) is 6.18 Å². The zero-order chi connectivity index (χ0) is 20.8. The van der Waals surface area contributed by atoms with Crippen molar-refractivity contribution in [2.75, 3.05) is 11.1 Å². The van der Waals surface area contributed by atoms with Gasteiger partial charge in [-0.25, -0.2) is 9.97 Å². The van der Waals surface area contributed by atoms with Gasteiger partial charge in [-0.2, -0.15) is 23.1 Å². The molecular weight excluding hydrogens is 407 g/mol. The topological polar surface area (TPSA) is 94.5 Å². The van der Waals surface area contributed by atoms with Crippen LogP contribution in [0.4, 0.5) is 30.5 Å². The maximum atomic E-state index is 12.7. The first-order valence-corrected chi connectivity index (χ1v) is 8.68. The summed E-state index contributed by atoms with van der Waals surface area (Å²) in [5.74, 6) is 1.27. The van der Waals surface area contributed by atoms with Gasteiger partial charge in [0.15, 0.2) is 5.65 Å². The first kappa shape index (κ1) is 18.9. The molecule has 11 heteroatoms. The van der Waals surface area contributed by atoms with Crippen LogP contribution >= 0.6 is 11.6 Å². The molecule has 3 N–H and O–H groups in total. The summed E-state index contributed by atoms with van der Waals surface area (Å²) in [5.41, 5.74) is 6.65. The number of aryl methyl sites for hydroxylation is 1. The number of nitrogens with zero attached hydrogens (tertiary/aromatic N) is 5.